The molecule has 0 saturated heterocycles. The third kappa shape index (κ3) is 5.79. The Morgan fingerprint density at radius 3 is 2.17 bits per heavy atom. The molecule has 5 rings (SSSR count). The summed E-state index contributed by atoms with van der Waals surface area (Å²) in [6, 6.07) is 16.8. The maximum atomic E-state index is 13.2. The first-order valence-electron chi connectivity index (χ1n) is 12.8. The summed E-state index contributed by atoms with van der Waals surface area (Å²) in [6.45, 7) is 1.83. The molecule has 0 amide bonds. The zero-order valence-corrected chi connectivity index (χ0v) is 22.2. The van der Waals surface area contributed by atoms with E-state index in [0.717, 1.165) is 43.6 Å². The highest BCUT2D eigenvalue weighted by molar-refractivity contribution is 6.39. The Bertz CT molecular complexity index is 1540. The van der Waals surface area contributed by atoms with E-state index < -0.39 is 23.9 Å². The van der Waals surface area contributed by atoms with Gasteiger partial charge in [-0.25, -0.2) is 4.79 Å². The van der Waals surface area contributed by atoms with E-state index in [1.54, 1.807) is 29.7 Å². The van der Waals surface area contributed by atoms with Crippen molar-refractivity contribution < 1.29 is 37.0 Å². The van der Waals surface area contributed by atoms with Crippen LogP contribution in [0.5, 0.6) is 11.5 Å². The molecule has 6 nitrogen and oxygen atoms in total. The van der Waals surface area contributed by atoms with Crippen LogP contribution in [0.1, 0.15) is 59.0 Å². The molecule has 1 fully saturated rings. The van der Waals surface area contributed by atoms with E-state index in [1.165, 1.54) is 12.1 Å². The van der Waals surface area contributed by atoms with Crippen LogP contribution in [-0.2, 0) is 4.74 Å². The molecule has 4 aromatic rings. The fraction of sp³-hybridized carbons (Fsp3) is 0.267. The number of rotatable bonds is 8. The van der Waals surface area contributed by atoms with Crippen molar-refractivity contribution in [1.82, 2.24) is 4.57 Å². The number of halogens is 4. The predicted molar refractivity (Wildman–Crippen MR) is 144 cm³/mol. The fourth-order valence-corrected chi connectivity index (χ4v) is 5.20. The topological polar surface area (TPSA) is 66.8 Å². The maximum absolute atomic E-state index is 13.2. The molecular weight excluding hydrogens is 547 g/mol. The van der Waals surface area contributed by atoms with Crippen molar-refractivity contribution in [3.8, 4) is 17.2 Å². The van der Waals surface area contributed by atoms with Crippen molar-refractivity contribution in [3.63, 3.8) is 0 Å². The van der Waals surface area contributed by atoms with Crippen molar-refractivity contribution in [2.75, 3.05) is 6.61 Å². The van der Waals surface area contributed by atoms with Gasteiger partial charge in [0, 0.05) is 22.2 Å². The lowest BCUT2D eigenvalue weighted by atomic mass is 10.0. The van der Waals surface area contributed by atoms with E-state index in [9.17, 15) is 22.8 Å². The number of fused-ring (bicyclic) bond motifs is 1. The highest BCUT2D eigenvalue weighted by atomic mass is 35.5. The van der Waals surface area contributed by atoms with Gasteiger partial charge >= 0.3 is 12.3 Å². The Morgan fingerprint density at radius 1 is 0.925 bits per heavy atom. The molecule has 0 aliphatic heterocycles. The van der Waals surface area contributed by atoms with E-state index in [-0.39, 0.29) is 34.6 Å². The molecule has 0 bridgehead atoms. The maximum Gasteiger partial charge on any atom is 0.573 e. The highest BCUT2D eigenvalue weighted by Gasteiger charge is 2.31. The lowest BCUT2D eigenvalue weighted by Crippen LogP contribution is -2.17. The van der Waals surface area contributed by atoms with Gasteiger partial charge in [-0.2, -0.15) is 0 Å². The van der Waals surface area contributed by atoms with Gasteiger partial charge in [0.2, 0.25) is 0 Å². The zero-order valence-electron chi connectivity index (χ0n) is 21.5. The Labute approximate surface area is 233 Å². The van der Waals surface area contributed by atoms with Crippen molar-refractivity contribution in [2.45, 2.75) is 45.1 Å². The lowest BCUT2D eigenvalue weighted by Gasteiger charge is -2.15. The third-order valence-corrected chi connectivity index (χ3v) is 7.07. The van der Waals surface area contributed by atoms with Gasteiger partial charge in [-0.3, -0.25) is 4.79 Å². The number of carbonyl (C=O) groups excluding carboxylic acids is 2. The molecule has 0 radical (unpaired) electrons. The molecule has 1 aromatic heterocycles. The number of nitrogens with zero attached hydrogens (tertiary/aromatic N) is 1. The first kappa shape index (κ1) is 27.6. The average Bonchev–Trinajstić information content (AvgIpc) is 3.54. The number of hydrogen-bond acceptors (Lipinski definition) is 5. The molecular formula is C30H25ClF3NO5. The largest absolute Gasteiger partial charge is 0.573 e. The Balaban J connectivity index is 1.50. The third-order valence-electron chi connectivity index (χ3n) is 6.69. The Kier molecular flexibility index (Phi) is 7.76. The summed E-state index contributed by atoms with van der Waals surface area (Å²) >= 11 is 6.71. The number of aromatic nitrogens is 1. The predicted octanol–water partition coefficient (Wildman–Crippen LogP) is 7.91. The molecule has 10 heteroatoms. The molecule has 40 heavy (non-hydrogen) atoms. The summed E-state index contributed by atoms with van der Waals surface area (Å²) in [7, 11) is 0. The van der Waals surface area contributed by atoms with Gasteiger partial charge in [0.1, 0.15) is 11.5 Å². The summed E-state index contributed by atoms with van der Waals surface area (Å²) in [5, 5.41) is 0.558. The SMILES string of the molecule is CCOC(=O)c1c(Cl)c2cc(C(=O)c3ccc(OC(F)(F)F)cc3)ccc2n1-c1ccc(OC2CCCC2)cc1. The lowest BCUT2D eigenvalue weighted by molar-refractivity contribution is -0.274. The number of carbonyl (C=O) groups is 2. The minimum atomic E-state index is -4.83. The molecule has 1 aliphatic carbocycles. The van der Waals surface area contributed by atoms with Gasteiger partial charge in [-0.1, -0.05) is 11.6 Å². The normalized spacial score (nSPS) is 13.9. The van der Waals surface area contributed by atoms with Crippen molar-refractivity contribution in [2.24, 2.45) is 0 Å². The highest BCUT2D eigenvalue weighted by Crippen LogP contribution is 2.36. The summed E-state index contributed by atoms with van der Waals surface area (Å²) in [5.74, 6) is -0.757. The molecule has 3 aromatic carbocycles. The molecule has 0 unspecified atom stereocenters. The zero-order chi connectivity index (χ0) is 28.4. The number of ketones is 1. The Morgan fingerprint density at radius 2 is 1.55 bits per heavy atom. The van der Waals surface area contributed by atoms with Gasteiger partial charge < -0.3 is 18.8 Å². The quantitative estimate of drug-likeness (QED) is 0.159. The monoisotopic (exact) mass is 571 g/mol. The minimum absolute atomic E-state index is 0.112. The molecule has 1 saturated carbocycles. The van der Waals surface area contributed by atoms with Gasteiger partial charge in [0.15, 0.2) is 11.5 Å². The van der Waals surface area contributed by atoms with E-state index in [1.807, 2.05) is 24.3 Å². The van der Waals surface area contributed by atoms with Crippen LogP contribution in [0.4, 0.5) is 13.2 Å². The van der Waals surface area contributed by atoms with Gasteiger partial charge in [-0.15, -0.1) is 13.2 Å². The number of esters is 1. The number of ether oxygens (including phenoxy) is 3. The fourth-order valence-electron chi connectivity index (χ4n) is 4.89. The van der Waals surface area contributed by atoms with E-state index >= 15 is 0 Å². The van der Waals surface area contributed by atoms with E-state index in [4.69, 9.17) is 21.1 Å². The number of benzene rings is 3. The summed E-state index contributed by atoms with van der Waals surface area (Å²) < 4.78 is 54.3. The van der Waals surface area contributed by atoms with Crippen molar-refractivity contribution in [1.29, 1.82) is 0 Å². The van der Waals surface area contributed by atoms with Crippen LogP contribution in [0.2, 0.25) is 5.02 Å². The standard InChI is InChI=1S/C30H25ClF3NO5/c1-2-38-29(37)27-26(31)24-17-19(28(36)18-7-12-23(13-8-18)40-30(32,33)34)9-16-25(24)35(27)20-10-14-22(15-11-20)39-21-5-3-4-6-21/h7-17,21H,2-6H2,1H3. The van der Waals surface area contributed by atoms with E-state index in [2.05, 4.69) is 4.74 Å². The van der Waals surface area contributed by atoms with Crippen LogP contribution in [0, 0.1) is 0 Å². The van der Waals surface area contributed by atoms with Crippen LogP contribution in [-0.4, -0.2) is 35.4 Å². The van der Waals surface area contributed by atoms with Gasteiger partial charge in [0.05, 0.1) is 23.3 Å². The number of hydrogen-bond donors (Lipinski definition) is 0. The Hall–Kier alpha value is -3.98. The molecule has 208 valence electrons. The summed E-state index contributed by atoms with van der Waals surface area (Å²) in [4.78, 5) is 26.1. The summed E-state index contributed by atoms with van der Waals surface area (Å²) in [6.07, 6.45) is -0.269. The van der Waals surface area contributed by atoms with Gasteiger partial charge in [-0.05, 0) is 99.3 Å². The first-order valence-corrected chi connectivity index (χ1v) is 13.2. The van der Waals surface area contributed by atoms with Crippen LogP contribution >= 0.6 is 11.6 Å². The van der Waals surface area contributed by atoms with E-state index in [0.29, 0.717) is 16.6 Å². The average molecular weight is 572 g/mol. The smallest absolute Gasteiger partial charge is 0.490 e. The minimum Gasteiger partial charge on any atom is -0.490 e. The van der Waals surface area contributed by atoms with Crippen LogP contribution in [0.25, 0.3) is 16.6 Å². The molecule has 0 N–H and O–H groups in total. The second-order valence-corrected chi connectivity index (χ2v) is 9.75. The second kappa shape index (κ2) is 11.3. The van der Waals surface area contributed by atoms with Crippen LogP contribution in [0.3, 0.4) is 0 Å². The molecule has 0 atom stereocenters. The molecule has 1 heterocycles. The first-order chi connectivity index (χ1) is 19.1. The molecule has 1 aliphatic rings. The summed E-state index contributed by atoms with van der Waals surface area (Å²) in [5.41, 5.74) is 1.74. The van der Waals surface area contributed by atoms with Gasteiger partial charge in [0.25, 0.3) is 0 Å². The van der Waals surface area contributed by atoms with Crippen molar-refractivity contribution >= 4 is 34.3 Å². The molecule has 0 spiro atoms. The van der Waals surface area contributed by atoms with Crippen LogP contribution < -0.4 is 9.47 Å². The van der Waals surface area contributed by atoms with Crippen LogP contribution in [0.15, 0.2) is 66.7 Å². The number of alkyl halides is 3. The second-order valence-electron chi connectivity index (χ2n) is 9.37. The van der Waals surface area contributed by atoms with Crippen molar-refractivity contribution in [3.05, 3.63) is 88.6 Å².